The van der Waals surface area contributed by atoms with Crippen molar-refractivity contribution >= 4 is 17.0 Å². The summed E-state index contributed by atoms with van der Waals surface area (Å²) in [6.45, 7) is 0.972. The molecule has 0 saturated heterocycles. The van der Waals surface area contributed by atoms with E-state index in [1.807, 2.05) is 34.9 Å². The van der Waals surface area contributed by atoms with Crippen molar-refractivity contribution in [3.05, 3.63) is 65.5 Å². The SMILES string of the molecule is NCc1nc2cc(C(=O)O)ccc2n1Cc1ccccc1. The van der Waals surface area contributed by atoms with Crippen LogP contribution in [-0.2, 0) is 13.1 Å². The topological polar surface area (TPSA) is 81.1 Å². The predicted molar refractivity (Wildman–Crippen MR) is 80.1 cm³/mol. The van der Waals surface area contributed by atoms with Crippen molar-refractivity contribution < 1.29 is 9.90 Å². The third-order valence-corrected chi connectivity index (χ3v) is 3.44. The molecule has 0 bridgehead atoms. The Hall–Kier alpha value is -2.66. The number of imidazole rings is 1. The van der Waals surface area contributed by atoms with Crippen molar-refractivity contribution in [1.29, 1.82) is 0 Å². The lowest BCUT2D eigenvalue weighted by atomic mass is 10.2. The average Bonchev–Trinajstić information content (AvgIpc) is 2.85. The van der Waals surface area contributed by atoms with Crippen LogP contribution in [0.15, 0.2) is 48.5 Å². The van der Waals surface area contributed by atoms with E-state index in [-0.39, 0.29) is 5.56 Å². The fourth-order valence-electron chi connectivity index (χ4n) is 2.41. The van der Waals surface area contributed by atoms with Crippen LogP contribution >= 0.6 is 0 Å². The third-order valence-electron chi connectivity index (χ3n) is 3.44. The lowest BCUT2D eigenvalue weighted by Crippen LogP contribution is -2.09. The Labute approximate surface area is 121 Å². The highest BCUT2D eigenvalue weighted by Crippen LogP contribution is 2.19. The van der Waals surface area contributed by atoms with Gasteiger partial charge in [-0.1, -0.05) is 30.3 Å². The van der Waals surface area contributed by atoms with E-state index in [2.05, 4.69) is 4.98 Å². The lowest BCUT2D eigenvalue weighted by Gasteiger charge is -2.08. The number of hydrogen-bond donors (Lipinski definition) is 2. The summed E-state index contributed by atoms with van der Waals surface area (Å²) in [6, 6.07) is 15.0. The van der Waals surface area contributed by atoms with Crippen LogP contribution in [-0.4, -0.2) is 20.6 Å². The number of aromatic carboxylic acids is 1. The van der Waals surface area contributed by atoms with E-state index in [0.717, 1.165) is 16.9 Å². The molecule has 5 heteroatoms. The molecule has 0 amide bonds. The van der Waals surface area contributed by atoms with Crippen molar-refractivity contribution in [3.63, 3.8) is 0 Å². The van der Waals surface area contributed by atoms with E-state index in [0.29, 0.717) is 18.6 Å². The number of carbonyl (C=O) groups is 1. The van der Waals surface area contributed by atoms with Crippen molar-refractivity contribution in [2.75, 3.05) is 0 Å². The first-order chi connectivity index (χ1) is 10.2. The molecule has 1 heterocycles. The summed E-state index contributed by atoms with van der Waals surface area (Å²) in [4.78, 5) is 15.5. The minimum atomic E-state index is -0.955. The van der Waals surface area contributed by atoms with Crippen LogP contribution in [0.5, 0.6) is 0 Å². The van der Waals surface area contributed by atoms with E-state index in [4.69, 9.17) is 10.8 Å². The first-order valence-corrected chi connectivity index (χ1v) is 6.65. The van der Waals surface area contributed by atoms with Crippen LogP contribution in [0.3, 0.4) is 0 Å². The van der Waals surface area contributed by atoms with Crippen LogP contribution in [0, 0.1) is 0 Å². The number of aromatic nitrogens is 2. The number of nitrogens with two attached hydrogens (primary N) is 1. The second kappa shape index (κ2) is 5.38. The standard InChI is InChI=1S/C16H15N3O2/c17-9-15-18-13-8-12(16(20)21)6-7-14(13)19(15)10-11-4-2-1-3-5-11/h1-8H,9-10,17H2,(H,20,21). The zero-order valence-electron chi connectivity index (χ0n) is 11.4. The molecule has 21 heavy (non-hydrogen) atoms. The maximum absolute atomic E-state index is 11.0. The van der Waals surface area contributed by atoms with Crippen LogP contribution in [0.25, 0.3) is 11.0 Å². The van der Waals surface area contributed by atoms with Gasteiger partial charge in [0.05, 0.1) is 23.1 Å². The molecule has 0 spiro atoms. The van der Waals surface area contributed by atoms with Crippen LogP contribution in [0.2, 0.25) is 0 Å². The van der Waals surface area contributed by atoms with Crippen LogP contribution < -0.4 is 5.73 Å². The molecule has 0 aliphatic rings. The number of hydrogen-bond acceptors (Lipinski definition) is 3. The highest BCUT2D eigenvalue weighted by atomic mass is 16.4. The van der Waals surface area contributed by atoms with Gasteiger partial charge in [-0.3, -0.25) is 0 Å². The molecule has 3 N–H and O–H groups in total. The number of fused-ring (bicyclic) bond motifs is 1. The summed E-state index contributed by atoms with van der Waals surface area (Å²) in [5.74, 6) is -0.208. The van der Waals surface area contributed by atoms with E-state index < -0.39 is 5.97 Å². The number of benzene rings is 2. The Morgan fingerprint density at radius 2 is 1.95 bits per heavy atom. The fourth-order valence-corrected chi connectivity index (χ4v) is 2.41. The van der Waals surface area contributed by atoms with Gasteiger partial charge >= 0.3 is 5.97 Å². The van der Waals surface area contributed by atoms with Gasteiger partial charge in [0.1, 0.15) is 5.82 Å². The predicted octanol–water partition coefficient (Wildman–Crippen LogP) is 2.24. The smallest absolute Gasteiger partial charge is 0.335 e. The van der Waals surface area contributed by atoms with Gasteiger partial charge in [-0.2, -0.15) is 0 Å². The van der Waals surface area contributed by atoms with E-state index in [1.54, 1.807) is 18.2 Å². The first kappa shape index (κ1) is 13.3. The quantitative estimate of drug-likeness (QED) is 0.768. The van der Waals surface area contributed by atoms with Gasteiger partial charge in [0.2, 0.25) is 0 Å². The summed E-state index contributed by atoms with van der Waals surface area (Å²) >= 11 is 0. The van der Waals surface area contributed by atoms with E-state index >= 15 is 0 Å². The average molecular weight is 281 g/mol. The highest BCUT2D eigenvalue weighted by Gasteiger charge is 2.12. The van der Waals surface area contributed by atoms with Gasteiger partial charge in [-0.15, -0.1) is 0 Å². The second-order valence-corrected chi connectivity index (χ2v) is 4.81. The maximum Gasteiger partial charge on any atom is 0.335 e. The summed E-state index contributed by atoms with van der Waals surface area (Å²) in [5, 5.41) is 9.05. The van der Waals surface area contributed by atoms with Gasteiger partial charge in [0.15, 0.2) is 0 Å². The highest BCUT2D eigenvalue weighted by molar-refractivity contribution is 5.92. The summed E-state index contributed by atoms with van der Waals surface area (Å²) in [5.41, 5.74) is 8.70. The van der Waals surface area contributed by atoms with E-state index in [9.17, 15) is 4.79 Å². The Bertz CT molecular complexity index is 794. The molecule has 0 radical (unpaired) electrons. The number of carboxylic acids is 1. The lowest BCUT2D eigenvalue weighted by molar-refractivity contribution is 0.0697. The normalized spacial score (nSPS) is 10.9. The molecule has 106 valence electrons. The van der Waals surface area contributed by atoms with Crippen molar-refractivity contribution in [2.45, 2.75) is 13.1 Å². The number of carboxylic acid groups (broad SMARTS) is 1. The molecule has 3 rings (SSSR count). The molecular weight excluding hydrogens is 266 g/mol. The Morgan fingerprint density at radius 3 is 2.62 bits per heavy atom. The van der Waals surface area contributed by atoms with Crippen molar-refractivity contribution in [3.8, 4) is 0 Å². The Kier molecular flexibility index (Phi) is 3.41. The first-order valence-electron chi connectivity index (χ1n) is 6.65. The number of nitrogens with zero attached hydrogens (tertiary/aromatic N) is 2. The fraction of sp³-hybridized carbons (Fsp3) is 0.125. The Morgan fingerprint density at radius 1 is 1.19 bits per heavy atom. The molecule has 2 aromatic carbocycles. The van der Waals surface area contributed by atoms with Crippen LogP contribution in [0.4, 0.5) is 0 Å². The van der Waals surface area contributed by atoms with Gasteiger partial charge < -0.3 is 15.4 Å². The minimum absolute atomic E-state index is 0.232. The zero-order valence-corrected chi connectivity index (χ0v) is 11.4. The molecular formula is C16H15N3O2. The molecule has 0 fully saturated rings. The molecule has 0 atom stereocenters. The monoisotopic (exact) mass is 281 g/mol. The molecule has 0 aliphatic heterocycles. The molecule has 0 saturated carbocycles. The molecule has 1 aromatic heterocycles. The number of rotatable bonds is 4. The van der Waals surface area contributed by atoms with Crippen LogP contribution in [0.1, 0.15) is 21.7 Å². The maximum atomic E-state index is 11.0. The summed E-state index contributed by atoms with van der Waals surface area (Å²) in [6.07, 6.45) is 0. The summed E-state index contributed by atoms with van der Waals surface area (Å²) < 4.78 is 2.02. The van der Waals surface area contributed by atoms with Gasteiger partial charge in [-0.25, -0.2) is 9.78 Å². The Balaban J connectivity index is 2.10. The van der Waals surface area contributed by atoms with E-state index in [1.165, 1.54) is 0 Å². The van der Waals surface area contributed by atoms with Crippen molar-refractivity contribution in [1.82, 2.24) is 9.55 Å². The van der Waals surface area contributed by atoms with Gasteiger partial charge in [-0.05, 0) is 23.8 Å². The van der Waals surface area contributed by atoms with Crippen molar-refractivity contribution in [2.24, 2.45) is 5.73 Å². The minimum Gasteiger partial charge on any atom is -0.478 e. The largest absolute Gasteiger partial charge is 0.478 e. The van der Waals surface area contributed by atoms with Gasteiger partial charge in [0, 0.05) is 6.54 Å². The zero-order chi connectivity index (χ0) is 14.8. The molecule has 0 aliphatic carbocycles. The third kappa shape index (κ3) is 2.51. The second-order valence-electron chi connectivity index (χ2n) is 4.81. The molecule has 5 nitrogen and oxygen atoms in total. The molecule has 0 unspecified atom stereocenters. The molecule has 3 aromatic rings. The van der Waals surface area contributed by atoms with Gasteiger partial charge in [0.25, 0.3) is 0 Å². The summed E-state index contributed by atoms with van der Waals surface area (Å²) in [7, 11) is 0.